The van der Waals surface area contributed by atoms with Crippen LogP contribution in [0.5, 0.6) is 0 Å². The van der Waals surface area contributed by atoms with Crippen molar-refractivity contribution in [3.05, 3.63) is 94.8 Å². The van der Waals surface area contributed by atoms with E-state index in [2.05, 4.69) is 9.97 Å². The number of hydrogen-bond donors (Lipinski definition) is 0. The number of aromatic nitrogens is 3. The number of thiazole rings is 1. The monoisotopic (exact) mass is 444 g/mol. The van der Waals surface area contributed by atoms with Crippen LogP contribution >= 0.6 is 22.9 Å². The molecule has 0 saturated carbocycles. The standard InChI is InChI=1S/C24H17ClN4OS/c1-15-11-18(25)13-21-22(15)28-24(31-21)29(14-16-5-3-2-4-6-16)23(30)17-7-8-19-20(12-17)27-10-9-26-19/h2-13H,14H2,1H3. The van der Waals surface area contributed by atoms with Gasteiger partial charge in [-0.05, 0) is 48.4 Å². The minimum absolute atomic E-state index is 0.140. The van der Waals surface area contributed by atoms with E-state index in [1.807, 2.05) is 55.5 Å². The molecule has 5 aromatic rings. The van der Waals surface area contributed by atoms with Gasteiger partial charge in [-0.2, -0.15) is 0 Å². The zero-order valence-electron chi connectivity index (χ0n) is 16.6. The van der Waals surface area contributed by atoms with Gasteiger partial charge in [-0.25, -0.2) is 4.98 Å². The van der Waals surface area contributed by atoms with Crippen LogP contribution in [0.2, 0.25) is 5.02 Å². The molecular formula is C24H17ClN4OS. The SMILES string of the molecule is Cc1cc(Cl)cc2sc(N(Cc3ccccc3)C(=O)c3ccc4nccnc4c3)nc12. The fourth-order valence-electron chi connectivity index (χ4n) is 3.50. The number of benzene rings is 3. The zero-order chi connectivity index (χ0) is 21.4. The third kappa shape index (κ3) is 3.87. The molecule has 0 aliphatic rings. The second-order valence-corrected chi connectivity index (χ2v) is 8.65. The summed E-state index contributed by atoms with van der Waals surface area (Å²) >= 11 is 7.70. The molecule has 1 amide bonds. The van der Waals surface area contributed by atoms with E-state index in [0.29, 0.717) is 27.8 Å². The van der Waals surface area contributed by atoms with Gasteiger partial charge in [-0.3, -0.25) is 19.7 Å². The summed E-state index contributed by atoms with van der Waals surface area (Å²) < 4.78 is 0.954. The Hall–Kier alpha value is -3.35. The number of amides is 1. The fourth-order valence-corrected chi connectivity index (χ4v) is 4.92. The first-order valence-electron chi connectivity index (χ1n) is 9.72. The van der Waals surface area contributed by atoms with Gasteiger partial charge < -0.3 is 0 Å². The molecule has 2 heterocycles. The van der Waals surface area contributed by atoms with E-state index in [-0.39, 0.29) is 5.91 Å². The summed E-state index contributed by atoms with van der Waals surface area (Å²) in [5.74, 6) is -0.140. The third-order valence-corrected chi connectivity index (χ3v) is 6.26. The first-order chi connectivity index (χ1) is 15.1. The van der Waals surface area contributed by atoms with Crippen LogP contribution in [0.15, 0.2) is 73.1 Å². The maximum absolute atomic E-state index is 13.6. The lowest BCUT2D eigenvalue weighted by Gasteiger charge is -2.20. The van der Waals surface area contributed by atoms with Crippen molar-refractivity contribution in [3.63, 3.8) is 0 Å². The lowest BCUT2D eigenvalue weighted by atomic mass is 10.1. The van der Waals surface area contributed by atoms with E-state index in [0.717, 1.165) is 26.9 Å². The predicted molar refractivity (Wildman–Crippen MR) is 126 cm³/mol. The highest BCUT2D eigenvalue weighted by Gasteiger charge is 2.23. The molecule has 31 heavy (non-hydrogen) atoms. The lowest BCUT2D eigenvalue weighted by molar-refractivity contribution is 0.0985. The molecule has 0 fully saturated rings. The number of halogens is 1. The lowest BCUT2D eigenvalue weighted by Crippen LogP contribution is -2.30. The molecule has 5 nitrogen and oxygen atoms in total. The number of rotatable bonds is 4. The Kier molecular flexibility index (Phi) is 5.10. The largest absolute Gasteiger partial charge is 0.279 e. The molecule has 3 aromatic carbocycles. The van der Waals surface area contributed by atoms with E-state index in [1.54, 1.807) is 29.4 Å². The van der Waals surface area contributed by atoms with Crippen LogP contribution < -0.4 is 4.90 Å². The van der Waals surface area contributed by atoms with Crippen LogP contribution in [0.4, 0.5) is 5.13 Å². The smallest absolute Gasteiger partial charge is 0.260 e. The van der Waals surface area contributed by atoms with Gasteiger partial charge >= 0.3 is 0 Å². The molecule has 0 aliphatic heterocycles. The van der Waals surface area contributed by atoms with Crippen LogP contribution in [-0.2, 0) is 6.54 Å². The molecule has 0 atom stereocenters. The summed E-state index contributed by atoms with van der Waals surface area (Å²) in [6, 6.07) is 19.0. The van der Waals surface area contributed by atoms with Crippen LogP contribution in [-0.4, -0.2) is 20.9 Å². The molecule has 0 spiro atoms. The number of hydrogen-bond acceptors (Lipinski definition) is 5. The first-order valence-corrected chi connectivity index (χ1v) is 10.9. The molecule has 5 rings (SSSR count). The van der Waals surface area contributed by atoms with Crippen molar-refractivity contribution in [2.45, 2.75) is 13.5 Å². The van der Waals surface area contributed by atoms with Crippen molar-refractivity contribution in [3.8, 4) is 0 Å². The Morgan fingerprint density at radius 1 is 1.00 bits per heavy atom. The minimum Gasteiger partial charge on any atom is -0.279 e. The molecule has 0 aliphatic carbocycles. The van der Waals surface area contributed by atoms with Crippen molar-refractivity contribution in [2.75, 3.05) is 4.90 Å². The number of nitrogens with zero attached hydrogens (tertiary/aromatic N) is 4. The molecule has 0 unspecified atom stereocenters. The highest BCUT2D eigenvalue weighted by molar-refractivity contribution is 7.22. The van der Waals surface area contributed by atoms with Crippen molar-refractivity contribution in [1.82, 2.24) is 15.0 Å². The van der Waals surface area contributed by atoms with E-state index < -0.39 is 0 Å². The number of aryl methyl sites for hydroxylation is 1. The van der Waals surface area contributed by atoms with Crippen molar-refractivity contribution < 1.29 is 4.79 Å². The number of anilines is 1. The van der Waals surface area contributed by atoms with Crippen LogP contribution in [0.25, 0.3) is 21.3 Å². The minimum atomic E-state index is -0.140. The zero-order valence-corrected chi connectivity index (χ0v) is 18.2. The number of fused-ring (bicyclic) bond motifs is 2. The molecule has 0 N–H and O–H groups in total. The van der Waals surface area contributed by atoms with Gasteiger partial charge in [-0.15, -0.1) is 0 Å². The van der Waals surface area contributed by atoms with Gasteiger partial charge in [0.25, 0.3) is 5.91 Å². The predicted octanol–water partition coefficient (Wildman–Crippen LogP) is 6.05. The second-order valence-electron chi connectivity index (χ2n) is 7.20. The normalized spacial score (nSPS) is 11.2. The number of carbonyl (C=O) groups is 1. The summed E-state index contributed by atoms with van der Waals surface area (Å²) in [6.07, 6.45) is 3.26. The van der Waals surface area contributed by atoms with Gasteiger partial charge in [0.2, 0.25) is 0 Å². The van der Waals surface area contributed by atoms with Gasteiger partial charge in [0, 0.05) is 23.0 Å². The fraction of sp³-hybridized carbons (Fsp3) is 0.0833. The van der Waals surface area contributed by atoms with E-state index in [1.165, 1.54) is 11.3 Å². The Morgan fingerprint density at radius 2 is 1.77 bits per heavy atom. The summed E-state index contributed by atoms with van der Waals surface area (Å²) in [6.45, 7) is 2.38. The molecule has 0 bridgehead atoms. The Morgan fingerprint density at radius 3 is 2.58 bits per heavy atom. The molecule has 0 radical (unpaired) electrons. The van der Waals surface area contributed by atoms with Crippen molar-refractivity contribution >= 4 is 55.2 Å². The van der Waals surface area contributed by atoms with Crippen LogP contribution in [0.3, 0.4) is 0 Å². The molecule has 152 valence electrons. The average molecular weight is 445 g/mol. The van der Waals surface area contributed by atoms with Crippen LogP contribution in [0.1, 0.15) is 21.5 Å². The molecule has 2 aromatic heterocycles. The maximum atomic E-state index is 13.6. The Balaban J connectivity index is 1.61. The Labute approximate surface area is 188 Å². The van der Waals surface area contributed by atoms with Gasteiger partial charge in [0.05, 0.1) is 27.8 Å². The molecule has 7 heteroatoms. The van der Waals surface area contributed by atoms with Gasteiger partial charge in [0.15, 0.2) is 5.13 Å². The highest BCUT2D eigenvalue weighted by Crippen LogP contribution is 2.34. The summed E-state index contributed by atoms with van der Waals surface area (Å²) in [4.78, 5) is 28.8. The first kappa shape index (κ1) is 19.6. The Bertz CT molecular complexity index is 1420. The van der Waals surface area contributed by atoms with Gasteiger partial charge in [-0.1, -0.05) is 53.3 Å². The maximum Gasteiger partial charge on any atom is 0.260 e. The third-order valence-electron chi connectivity index (χ3n) is 5.01. The van der Waals surface area contributed by atoms with Crippen LogP contribution in [0, 0.1) is 6.92 Å². The van der Waals surface area contributed by atoms with Crippen molar-refractivity contribution in [1.29, 1.82) is 0 Å². The van der Waals surface area contributed by atoms with E-state index >= 15 is 0 Å². The van der Waals surface area contributed by atoms with E-state index in [4.69, 9.17) is 16.6 Å². The number of carbonyl (C=O) groups excluding carboxylic acids is 1. The second kappa shape index (κ2) is 8.06. The van der Waals surface area contributed by atoms with Gasteiger partial charge in [0.1, 0.15) is 0 Å². The average Bonchev–Trinajstić information content (AvgIpc) is 3.21. The summed E-state index contributed by atoms with van der Waals surface area (Å²) in [5, 5.41) is 1.29. The highest BCUT2D eigenvalue weighted by atomic mass is 35.5. The molecule has 0 saturated heterocycles. The molecular weight excluding hydrogens is 428 g/mol. The summed E-state index contributed by atoms with van der Waals surface area (Å²) in [7, 11) is 0. The summed E-state index contributed by atoms with van der Waals surface area (Å²) in [5.41, 5.74) is 4.83. The topological polar surface area (TPSA) is 59.0 Å². The van der Waals surface area contributed by atoms with E-state index in [9.17, 15) is 4.79 Å². The van der Waals surface area contributed by atoms with Crippen molar-refractivity contribution in [2.24, 2.45) is 0 Å². The quantitative estimate of drug-likeness (QED) is 0.338.